The summed E-state index contributed by atoms with van der Waals surface area (Å²) < 4.78 is 0. The van der Waals surface area contributed by atoms with Crippen molar-refractivity contribution in [2.24, 2.45) is 0 Å². The Balaban J connectivity index is 3.42. The van der Waals surface area contributed by atoms with Gasteiger partial charge in [0.1, 0.15) is 0 Å². The highest BCUT2D eigenvalue weighted by Crippen LogP contribution is 2.15. The van der Waals surface area contributed by atoms with Crippen LogP contribution in [0.25, 0.3) is 0 Å². The summed E-state index contributed by atoms with van der Waals surface area (Å²) >= 11 is 9.05. The van der Waals surface area contributed by atoms with E-state index in [1.807, 2.05) is 29.4 Å². The van der Waals surface area contributed by atoms with Crippen LogP contribution in [0.5, 0.6) is 0 Å². The van der Waals surface area contributed by atoms with E-state index < -0.39 is 0 Å². The van der Waals surface area contributed by atoms with Gasteiger partial charge in [-0.3, -0.25) is 0 Å². The molecule has 0 fully saturated rings. The molecule has 0 bridgehead atoms. The van der Waals surface area contributed by atoms with Crippen LogP contribution in [0.4, 0.5) is 0 Å². The largest absolute Gasteiger partial charge is 0.137 e. The predicted octanol–water partition coefficient (Wildman–Crippen LogP) is 4.04. The maximum absolute atomic E-state index is 5.74. The summed E-state index contributed by atoms with van der Waals surface area (Å²) in [7, 11) is 0. The average Bonchev–Trinajstić information content (AvgIpc) is 1.98. The monoisotopic (exact) mass is 194 g/mol. The van der Waals surface area contributed by atoms with Gasteiger partial charge in [-0.15, -0.1) is 23.5 Å². The standard InChI is InChI=1S/C7H11ClS2/c1-3-7(8)6-10-5-4-9-2/h4-6H,3H2,1-2H3/b5-4+,7-6+. The molecule has 0 saturated carbocycles. The number of halogens is 1. The number of hydrogen-bond acceptors (Lipinski definition) is 2. The van der Waals surface area contributed by atoms with Gasteiger partial charge in [-0.05, 0) is 28.9 Å². The topological polar surface area (TPSA) is 0 Å². The average molecular weight is 195 g/mol. The molecule has 0 aromatic heterocycles. The van der Waals surface area contributed by atoms with Crippen molar-refractivity contribution in [1.82, 2.24) is 0 Å². The molecule has 0 aromatic carbocycles. The third-order valence-electron chi connectivity index (χ3n) is 0.804. The van der Waals surface area contributed by atoms with Crippen molar-refractivity contribution in [3.05, 3.63) is 21.3 Å². The second-order valence-corrected chi connectivity index (χ2v) is 3.57. The van der Waals surface area contributed by atoms with Crippen molar-refractivity contribution >= 4 is 35.1 Å². The van der Waals surface area contributed by atoms with Crippen molar-refractivity contribution in [2.45, 2.75) is 13.3 Å². The van der Waals surface area contributed by atoms with Crippen LogP contribution < -0.4 is 0 Å². The number of rotatable bonds is 4. The van der Waals surface area contributed by atoms with E-state index in [-0.39, 0.29) is 0 Å². The van der Waals surface area contributed by atoms with Gasteiger partial charge in [0.15, 0.2) is 0 Å². The van der Waals surface area contributed by atoms with Crippen LogP contribution >= 0.6 is 35.1 Å². The van der Waals surface area contributed by atoms with Gasteiger partial charge in [0.25, 0.3) is 0 Å². The Kier molecular flexibility index (Phi) is 7.93. The molecule has 58 valence electrons. The van der Waals surface area contributed by atoms with Crippen molar-refractivity contribution < 1.29 is 0 Å². The van der Waals surface area contributed by atoms with E-state index in [2.05, 4.69) is 0 Å². The quantitative estimate of drug-likeness (QED) is 0.663. The summed E-state index contributed by atoms with van der Waals surface area (Å²) in [6.07, 6.45) is 2.95. The maximum atomic E-state index is 5.74. The molecule has 0 rings (SSSR count). The van der Waals surface area contributed by atoms with Gasteiger partial charge in [0.05, 0.1) is 0 Å². The Morgan fingerprint density at radius 1 is 1.50 bits per heavy atom. The molecule has 0 N–H and O–H groups in total. The van der Waals surface area contributed by atoms with Gasteiger partial charge in [-0.25, -0.2) is 0 Å². The lowest BCUT2D eigenvalue weighted by molar-refractivity contribution is 1.20. The Hall–Kier alpha value is 0.470. The van der Waals surface area contributed by atoms with Crippen molar-refractivity contribution in [3.63, 3.8) is 0 Å². The Labute approximate surface area is 76.1 Å². The number of thioether (sulfide) groups is 2. The zero-order valence-electron chi connectivity index (χ0n) is 6.13. The molecule has 0 aliphatic heterocycles. The van der Waals surface area contributed by atoms with E-state index in [0.29, 0.717) is 0 Å². The molecule has 0 spiro atoms. The van der Waals surface area contributed by atoms with Crippen LogP contribution in [0.3, 0.4) is 0 Å². The molecule has 0 aliphatic rings. The summed E-state index contributed by atoms with van der Waals surface area (Å²) in [5.41, 5.74) is 0. The van der Waals surface area contributed by atoms with Gasteiger partial charge < -0.3 is 0 Å². The maximum Gasteiger partial charge on any atom is 0.0244 e. The van der Waals surface area contributed by atoms with E-state index in [0.717, 1.165) is 11.5 Å². The molecule has 0 nitrogen and oxygen atoms in total. The van der Waals surface area contributed by atoms with Crippen LogP contribution in [0.1, 0.15) is 13.3 Å². The fourth-order valence-corrected chi connectivity index (χ4v) is 1.53. The summed E-state index contributed by atoms with van der Waals surface area (Å²) in [4.78, 5) is 0. The fourth-order valence-electron chi connectivity index (χ4n) is 0.284. The SMILES string of the molecule is CC/C(Cl)=C\S/C=C/SC. The minimum absolute atomic E-state index is 0.913. The van der Waals surface area contributed by atoms with E-state index in [1.165, 1.54) is 0 Å². The first-order chi connectivity index (χ1) is 4.81. The van der Waals surface area contributed by atoms with Gasteiger partial charge in [-0.2, -0.15) is 0 Å². The van der Waals surface area contributed by atoms with Crippen LogP contribution in [-0.2, 0) is 0 Å². The highest BCUT2D eigenvalue weighted by molar-refractivity contribution is 8.07. The molecule has 0 amide bonds. The fraction of sp³-hybridized carbons (Fsp3) is 0.429. The summed E-state index contributed by atoms with van der Waals surface area (Å²) in [6, 6.07) is 0. The Morgan fingerprint density at radius 3 is 2.70 bits per heavy atom. The molecular formula is C7H11ClS2. The zero-order chi connectivity index (χ0) is 7.82. The van der Waals surface area contributed by atoms with Crippen LogP contribution in [0, 0.1) is 0 Å². The molecule has 3 heteroatoms. The predicted molar refractivity (Wildman–Crippen MR) is 54.5 cm³/mol. The minimum atomic E-state index is 0.913. The normalized spacial score (nSPS) is 12.9. The molecular weight excluding hydrogens is 184 g/mol. The molecule has 0 aliphatic carbocycles. The molecule has 0 saturated heterocycles. The number of allylic oxidation sites excluding steroid dienone is 1. The lowest BCUT2D eigenvalue weighted by Gasteiger charge is -1.87. The third-order valence-corrected chi connectivity index (χ3v) is 2.60. The first-order valence-corrected chi connectivity index (χ1v) is 5.60. The highest BCUT2D eigenvalue weighted by Gasteiger charge is 1.82. The summed E-state index contributed by atoms with van der Waals surface area (Å²) in [6.45, 7) is 2.04. The molecule has 0 heterocycles. The Bertz CT molecular complexity index is 130. The molecule has 0 aromatic rings. The lowest BCUT2D eigenvalue weighted by Crippen LogP contribution is -1.60. The second kappa shape index (κ2) is 7.58. The van der Waals surface area contributed by atoms with E-state index >= 15 is 0 Å². The van der Waals surface area contributed by atoms with Crippen molar-refractivity contribution in [3.8, 4) is 0 Å². The van der Waals surface area contributed by atoms with E-state index in [4.69, 9.17) is 11.6 Å². The van der Waals surface area contributed by atoms with Gasteiger partial charge in [0, 0.05) is 5.03 Å². The first-order valence-electron chi connectivity index (χ1n) is 2.99. The highest BCUT2D eigenvalue weighted by atomic mass is 35.5. The molecule has 10 heavy (non-hydrogen) atoms. The zero-order valence-corrected chi connectivity index (χ0v) is 8.52. The van der Waals surface area contributed by atoms with Crippen LogP contribution in [0.15, 0.2) is 21.3 Å². The first kappa shape index (κ1) is 10.5. The van der Waals surface area contributed by atoms with Crippen LogP contribution in [-0.4, -0.2) is 6.26 Å². The molecule has 0 unspecified atom stereocenters. The summed E-state index contributed by atoms with van der Waals surface area (Å²) in [5, 5.41) is 6.91. The second-order valence-electron chi connectivity index (χ2n) is 1.56. The van der Waals surface area contributed by atoms with Gasteiger partial charge in [-0.1, -0.05) is 18.5 Å². The van der Waals surface area contributed by atoms with Gasteiger partial charge in [0.2, 0.25) is 0 Å². The molecule has 0 radical (unpaired) electrons. The van der Waals surface area contributed by atoms with Crippen LogP contribution in [0.2, 0.25) is 0 Å². The third kappa shape index (κ3) is 6.59. The number of hydrogen-bond donors (Lipinski definition) is 0. The lowest BCUT2D eigenvalue weighted by atomic mass is 10.5. The van der Waals surface area contributed by atoms with Crippen molar-refractivity contribution in [1.29, 1.82) is 0 Å². The minimum Gasteiger partial charge on any atom is -0.137 e. The van der Waals surface area contributed by atoms with Gasteiger partial charge >= 0.3 is 0 Å². The smallest absolute Gasteiger partial charge is 0.0244 e. The van der Waals surface area contributed by atoms with E-state index in [9.17, 15) is 0 Å². The van der Waals surface area contributed by atoms with E-state index in [1.54, 1.807) is 23.5 Å². The van der Waals surface area contributed by atoms with Crippen molar-refractivity contribution in [2.75, 3.05) is 6.26 Å². The molecule has 0 atom stereocenters. The summed E-state index contributed by atoms with van der Waals surface area (Å²) in [5.74, 6) is 0. The Morgan fingerprint density at radius 2 is 2.20 bits per heavy atom.